The van der Waals surface area contributed by atoms with Crippen molar-refractivity contribution in [2.45, 2.75) is 24.3 Å². The van der Waals surface area contributed by atoms with Crippen LogP contribution in [0.3, 0.4) is 0 Å². The van der Waals surface area contributed by atoms with Crippen molar-refractivity contribution in [2.24, 2.45) is 0 Å². The molecule has 0 unspecified atom stereocenters. The lowest BCUT2D eigenvalue weighted by atomic mass is 10.0. The number of fused-ring (bicyclic) bond motifs is 1. The number of aryl methyl sites for hydroxylation is 1. The Labute approximate surface area is 180 Å². The van der Waals surface area contributed by atoms with Gasteiger partial charge in [0.2, 0.25) is 0 Å². The molecular weight excluding hydrogens is 424 g/mol. The molecule has 0 saturated heterocycles. The Morgan fingerprint density at radius 3 is 2.70 bits per heavy atom. The quantitative estimate of drug-likeness (QED) is 0.552. The lowest BCUT2D eigenvalue weighted by Gasteiger charge is -2.30. The second-order valence-electron chi connectivity index (χ2n) is 6.85. The molecule has 8 heteroatoms. The van der Waals surface area contributed by atoms with Crippen LogP contribution in [-0.4, -0.2) is 25.9 Å². The number of halogens is 1. The van der Waals surface area contributed by atoms with E-state index >= 15 is 0 Å². The van der Waals surface area contributed by atoms with Crippen molar-refractivity contribution >= 4 is 33.3 Å². The van der Waals surface area contributed by atoms with Crippen LogP contribution >= 0.6 is 11.6 Å². The molecule has 0 spiro atoms. The number of pyridine rings is 1. The number of ether oxygens (including phenoxy) is 1. The lowest BCUT2D eigenvalue weighted by Crippen LogP contribution is -2.35. The number of nitrogens with zero attached hydrogens (tertiary/aromatic N) is 2. The molecule has 30 heavy (non-hydrogen) atoms. The van der Waals surface area contributed by atoms with Gasteiger partial charge in [-0.05, 0) is 54.8 Å². The van der Waals surface area contributed by atoms with Gasteiger partial charge >= 0.3 is 5.97 Å². The summed E-state index contributed by atoms with van der Waals surface area (Å²) in [6.07, 6.45) is 3.15. The first-order valence-electron chi connectivity index (χ1n) is 9.44. The van der Waals surface area contributed by atoms with E-state index in [0.29, 0.717) is 17.9 Å². The first-order chi connectivity index (χ1) is 14.5. The van der Waals surface area contributed by atoms with Crippen LogP contribution in [-0.2, 0) is 27.8 Å². The standard InChI is InChI=1S/C22H19ClN2O4S/c23-20-11-10-18(14-19(20)22(26)29-15-17-8-3-4-12-24-17)30(27,28)25-13-5-7-16-6-1-2-9-21(16)25/h1-4,6,8-12,14H,5,7,13,15H2. The largest absolute Gasteiger partial charge is 0.456 e. The molecule has 0 amide bonds. The number of carbonyl (C=O) groups excluding carboxylic acids is 1. The average Bonchev–Trinajstić information content (AvgIpc) is 2.78. The van der Waals surface area contributed by atoms with Crippen LogP contribution in [0.4, 0.5) is 5.69 Å². The van der Waals surface area contributed by atoms with Gasteiger partial charge in [-0.15, -0.1) is 0 Å². The minimum absolute atomic E-state index is 0.000956. The number of anilines is 1. The first-order valence-corrected chi connectivity index (χ1v) is 11.3. The first kappa shape index (κ1) is 20.4. The normalized spacial score (nSPS) is 13.6. The maximum Gasteiger partial charge on any atom is 0.340 e. The van der Waals surface area contributed by atoms with Gasteiger partial charge in [-0.1, -0.05) is 35.9 Å². The Kier molecular flexibility index (Phi) is 5.74. The number of sulfonamides is 1. The number of hydrogen-bond acceptors (Lipinski definition) is 5. The molecule has 2 heterocycles. The maximum atomic E-state index is 13.3. The Bertz CT molecular complexity index is 1180. The molecule has 0 aliphatic carbocycles. The summed E-state index contributed by atoms with van der Waals surface area (Å²) in [5.41, 5.74) is 2.23. The molecule has 0 fully saturated rings. The van der Waals surface area contributed by atoms with Crippen LogP contribution < -0.4 is 4.31 Å². The van der Waals surface area contributed by atoms with Crippen molar-refractivity contribution in [1.82, 2.24) is 4.98 Å². The Morgan fingerprint density at radius 2 is 1.90 bits per heavy atom. The number of esters is 1. The summed E-state index contributed by atoms with van der Waals surface area (Å²) in [5, 5.41) is 0.124. The second kappa shape index (κ2) is 8.45. The second-order valence-corrected chi connectivity index (χ2v) is 9.12. The Balaban J connectivity index is 1.62. The van der Waals surface area contributed by atoms with E-state index in [1.54, 1.807) is 30.5 Å². The van der Waals surface area contributed by atoms with Gasteiger partial charge in [-0.2, -0.15) is 0 Å². The highest BCUT2D eigenvalue weighted by molar-refractivity contribution is 7.92. The molecule has 1 aliphatic rings. The Hall–Kier alpha value is -2.90. The predicted molar refractivity (Wildman–Crippen MR) is 114 cm³/mol. The number of rotatable bonds is 5. The van der Waals surface area contributed by atoms with Crippen molar-refractivity contribution < 1.29 is 17.9 Å². The van der Waals surface area contributed by atoms with Gasteiger partial charge in [0, 0.05) is 12.7 Å². The third kappa shape index (κ3) is 4.04. The van der Waals surface area contributed by atoms with Gasteiger partial charge in [0.15, 0.2) is 0 Å². The van der Waals surface area contributed by atoms with E-state index in [1.807, 2.05) is 18.2 Å². The third-order valence-corrected chi connectivity index (χ3v) is 7.03. The van der Waals surface area contributed by atoms with E-state index < -0.39 is 16.0 Å². The highest BCUT2D eigenvalue weighted by Crippen LogP contribution is 2.33. The zero-order valence-corrected chi connectivity index (χ0v) is 17.6. The van der Waals surface area contributed by atoms with Gasteiger partial charge in [0.25, 0.3) is 10.0 Å². The molecule has 6 nitrogen and oxygen atoms in total. The summed E-state index contributed by atoms with van der Waals surface area (Å²) in [4.78, 5) is 16.6. The van der Waals surface area contributed by atoms with E-state index in [2.05, 4.69) is 4.98 Å². The fourth-order valence-electron chi connectivity index (χ4n) is 3.40. The summed E-state index contributed by atoms with van der Waals surface area (Å²) < 4.78 is 33.3. The summed E-state index contributed by atoms with van der Waals surface area (Å²) >= 11 is 6.16. The van der Waals surface area contributed by atoms with Crippen LogP contribution in [0.5, 0.6) is 0 Å². The van der Waals surface area contributed by atoms with Gasteiger partial charge in [-0.25, -0.2) is 13.2 Å². The highest BCUT2D eigenvalue weighted by atomic mass is 35.5. The molecular formula is C22H19ClN2O4S. The topological polar surface area (TPSA) is 76.6 Å². The third-order valence-electron chi connectivity index (χ3n) is 4.89. The SMILES string of the molecule is O=C(OCc1ccccn1)c1cc(S(=O)(=O)N2CCCc3ccccc32)ccc1Cl. The fraction of sp³-hybridized carbons (Fsp3) is 0.182. The van der Waals surface area contributed by atoms with Gasteiger partial charge in [0.1, 0.15) is 6.61 Å². The number of hydrogen-bond donors (Lipinski definition) is 0. The molecule has 0 atom stereocenters. The summed E-state index contributed by atoms with van der Waals surface area (Å²) in [5.74, 6) is -0.707. The number of para-hydroxylation sites is 1. The monoisotopic (exact) mass is 442 g/mol. The highest BCUT2D eigenvalue weighted by Gasteiger charge is 2.30. The number of carbonyl (C=O) groups is 1. The molecule has 0 radical (unpaired) electrons. The lowest BCUT2D eigenvalue weighted by molar-refractivity contribution is 0.0467. The van der Waals surface area contributed by atoms with Crippen molar-refractivity contribution in [1.29, 1.82) is 0 Å². The van der Waals surface area contributed by atoms with E-state index in [1.165, 1.54) is 22.5 Å². The zero-order chi connectivity index (χ0) is 21.1. The fourth-order valence-corrected chi connectivity index (χ4v) is 5.16. The van der Waals surface area contributed by atoms with Crippen LogP contribution in [0.15, 0.2) is 71.8 Å². The molecule has 2 aromatic carbocycles. The Morgan fingerprint density at radius 1 is 1.10 bits per heavy atom. The van der Waals surface area contributed by atoms with Gasteiger partial charge in [-0.3, -0.25) is 9.29 Å². The van der Waals surface area contributed by atoms with Crippen LogP contribution in [0.1, 0.15) is 28.0 Å². The summed E-state index contributed by atoms with van der Waals surface area (Å²) in [6.45, 7) is 0.341. The summed E-state index contributed by atoms with van der Waals surface area (Å²) in [7, 11) is -3.86. The molecule has 154 valence electrons. The van der Waals surface area contributed by atoms with Gasteiger partial charge in [0.05, 0.1) is 26.9 Å². The molecule has 0 saturated carbocycles. The molecule has 1 aliphatic heterocycles. The zero-order valence-electron chi connectivity index (χ0n) is 16.0. The molecule has 0 N–H and O–H groups in total. The maximum absolute atomic E-state index is 13.3. The van der Waals surface area contributed by atoms with E-state index in [-0.39, 0.29) is 22.1 Å². The predicted octanol–water partition coefficient (Wildman–Crippen LogP) is 4.23. The number of benzene rings is 2. The van der Waals surface area contributed by atoms with E-state index in [4.69, 9.17) is 16.3 Å². The average molecular weight is 443 g/mol. The minimum Gasteiger partial charge on any atom is -0.456 e. The smallest absolute Gasteiger partial charge is 0.340 e. The van der Waals surface area contributed by atoms with Crippen LogP contribution in [0, 0.1) is 0 Å². The van der Waals surface area contributed by atoms with Gasteiger partial charge < -0.3 is 4.74 Å². The summed E-state index contributed by atoms with van der Waals surface area (Å²) in [6, 6.07) is 16.8. The molecule has 0 bridgehead atoms. The minimum atomic E-state index is -3.86. The van der Waals surface area contributed by atoms with Crippen molar-refractivity contribution in [3.8, 4) is 0 Å². The molecule has 1 aromatic heterocycles. The van der Waals surface area contributed by atoms with Crippen molar-refractivity contribution in [3.05, 3.63) is 88.7 Å². The van der Waals surface area contributed by atoms with Crippen molar-refractivity contribution in [2.75, 3.05) is 10.8 Å². The van der Waals surface area contributed by atoms with Crippen LogP contribution in [0.2, 0.25) is 5.02 Å². The van der Waals surface area contributed by atoms with Crippen LogP contribution in [0.25, 0.3) is 0 Å². The molecule has 3 aromatic rings. The van der Waals surface area contributed by atoms with E-state index in [0.717, 1.165) is 18.4 Å². The number of aromatic nitrogens is 1. The van der Waals surface area contributed by atoms with E-state index in [9.17, 15) is 13.2 Å². The molecule has 4 rings (SSSR count). The van der Waals surface area contributed by atoms with Crippen molar-refractivity contribution in [3.63, 3.8) is 0 Å².